The number of hydrogen-bond donors (Lipinski definition) is 2. The first kappa shape index (κ1) is 6.82. The van der Waals surface area contributed by atoms with Gasteiger partial charge >= 0.3 is 0 Å². The van der Waals surface area contributed by atoms with Crippen LogP contribution in [0.3, 0.4) is 0 Å². The molecule has 0 bridgehead atoms. The largest absolute Gasteiger partial charge is 0.359 e. The van der Waals surface area contributed by atoms with E-state index in [1.54, 1.807) is 0 Å². The molecule has 4 nitrogen and oxygen atoms in total. The third-order valence-electron chi connectivity index (χ3n) is 1.98. The Morgan fingerprint density at radius 3 is 3.36 bits per heavy atom. The van der Waals surface area contributed by atoms with Crippen molar-refractivity contribution in [1.82, 2.24) is 10.5 Å². The van der Waals surface area contributed by atoms with Crippen LogP contribution in [0.1, 0.15) is 17.0 Å². The van der Waals surface area contributed by atoms with E-state index in [0.29, 0.717) is 6.54 Å². The van der Waals surface area contributed by atoms with Crippen LogP contribution in [-0.4, -0.2) is 11.7 Å². The number of rotatable bonds is 1. The topological polar surface area (TPSA) is 64.1 Å². The summed E-state index contributed by atoms with van der Waals surface area (Å²) in [6, 6.07) is 0. The molecule has 0 aromatic carbocycles. The van der Waals surface area contributed by atoms with Gasteiger partial charge in [-0.05, 0) is 0 Å². The number of nitrogens with zero attached hydrogens (tertiary/aromatic N) is 1. The number of nitrogens with one attached hydrogen (secondary N) is 1. The molecule has 0 unspecified atom stereocenters. The van der Waals surface area contributed by atoms with Crippen LogP contribution in [0.5, 0.6) is 0 Å². The fraction of sp³-hybridized carbons (Fsp3) is 0.571. The van der Waals surface area contributed by atoms with E-state index >= 15 is 0 Å². The minimum atomic E-state index is 0.448. The van der Waals surface area contributed by atoms with E-state index in [2.05, 4.69) is 10.5 Å². The number of hydrogen-bond acceptors (Lipinski definition) is 4. The lowest BCUT2D eigenvalue weighted by Gasteiger charge is -2.10. The normalized spacial score (nSPS) is 16.5. The van der Waals surface area contributed by atoms with Crippen molar-refractivity contribution in [3.63, 3.8) is 0 Å². The average molecular weight is 153 g/mol. The molecule has 0 saturated carbocycles. The molecule has 0 spiro atoms. The predicted octanol–water partition coefficient (Wildman–Crippen LogP) is -0.221. The maximum Gasteiger partial charge on any atom is 0.155 e. The van der Waals surface area contributed by atoms with Gasteiger partial charge in [-0.2, -0.15) is 0 Å². The molecule has 4 heteroatoms. The summed E-state index contributed by atoms with van der Waals surface area (Å²) < 4.78 is 5.05. The summed E-state index contributed by atoms with van der Waals surface area (Å²) in [7, 11) is 0. The summed E-state index contributed by atoms with van der Waals surface area (Å²) in [5.74, 6) is 0.826. The van der Waals surface area contributed by atoms with E-state index in [-0.39, 0.29) is 0 Å². The zero-order chi connectivity index (χ0) is 7.68. The average Bonchev–Trinajstić information content (AvgIpc) is 2.47. The molecule has 2 heterocycles. The lowest BCUT2D eigenvalue weighted by Crippen LogP contribution is -2.24. The molecule has 0 fully saturated rings. The van der Waals surface area contributed by atoms with E-state index in [1.807, 2.05) is 0 Å². The molecule has 1 aromatic rings. The summed E-state index contributed by atoms with van der Waals surface area (Å²) in [4.78, 5) is 0. The van der Waals surface area contributed by atoms with Gasteiger partial charge in [0.25, 0.3) is 0 Å². The maximum absolute atomic E-state index is 5.46. The number of fused-ring (bicyclic) bond motifs is 1. The van der Waals surface area contributed by atoms with Gasteiger partial charge in [0, 0.05) is 25.1 Å². The first-order valence-corrected chi connectivity index (χ1v) is 3.79. The minimum absolute atomic E-state index is 0.448. The van der Waals surface area contributed by atoms with Gasteiger partial charge in [0.1, 0.15) is 0 Å². The SMILES string of the molecule is NCc1onc2c1CNCC2. The third kappa shape index (κ3) is 1.04. The highest BCUT2D eigenvalue weighted by Crippen LogP contribution is 2.16. The van der Waals surface area contributed by atoms with Gasteiger partial charge in [0.05, 0.1) is 12.2 Å². The highest BCUT2D eigenvalue weighted by molar-refractivity contribution is 5.24. The summed E-state index contributed by atoms with van der Waals surface area (Å²) in [6.45, 7) is 2.29. The fourth-order valence-electron chi connectivity index (χ4n) is 1.36. The summed E-state index contributed by atoms with van der Waals surface area (Å²) in [5, 5.41) is 7.18. The predicted molar refractivity (Wildman–Crippen MR) is 39.8 cm³/mol. The Kier molecular flexibility index (Phi) is 1.63. The third-order valence-corrected chi connectivity index (χ3v) is 1.98. The molecule has 0 radical (unpaired) electrons. The number of aromatic nitrogens is 1. The molecule has 2 rings (SSSR count). The molecule has 1 aliphatic rings. The Bertz CT molecular complexity index is 243. The molecule has 1 aliphatic heterocycles. The van der Waals surface area contributed by atoms with Crippen molar-refractivity contribution >= 4 is 0 Å². The summed E-state index contributed by atoms with van der Waals surface area (Å²) in [5.41, 5.74) is 7.70. The van der Waals surface area contributed by atoms with Gasteiger partial charge in [-0.25, -0.2) is 0 Å². The van der Waals surface area contributed by atoms with Crippen molar-refractivity contribution in [2.24, 2.45) is 5.73 Å². The van der Waals surface area contributed by atoms with Crippen LogP contribution in [0.25, 0.3) is 0 Å². The Hall–Kier alpha value is -0.870. The van der Waals surface area contributed by atoms with Crippen LogP contribution in [-0.2, 0) is 19.5 Å². The lowest BCUT2D eigenvalue weighted by molar-refractivity contribution is 0.379. The minimum Gasteiger partial charge on any atom is -0.359 e. The van der Waals surface area contributed by atoms with Crippen molar-refractivity contribution in [2.45, 2.75) is 19.5 Å². The zero-order valence-corrected chi connectivity index (χ0v) is 6.26. The van der Waals surface area contributed by atoms with Gasteiger partial charge in [0.2, 0.25) is 0 Å². The van der Waals surface area contributed by atoms with Crippen molar-refractivity contribution in [1.29, 1.82) is 0 Å². The van der Waals surface area contributed by atoms with E-state index in [9.17, 15) is 0 Å². The quantitative estimate of drug-likeness (QED) is 0.585. The summed E-state index contributed by atoms with van der Waals surface area (Å²) in [6.07, 6.45) is 0.957. The van der Waals surface area contributed by atoms with Gasteiger partial charge < -0.3 is 15.6 Å². The lowest BCUT2D eigenvalue weighted by atomic mass is 10.1. The Morgan fingerprint density at radius 2 is 2.55 bits per heavy atom. The van der Waals surface area contributed by atoms with Crippen LogP contribution >= 0.6 is 0 Å². The molecule has 0 atom stereocenters. The van der Waals surface area contributed by atoms with Crippen LogP contribution in [0.15, 0.2) is 4.52 Å². The van der Waals surface area contributed by atoms with Gasteiger partial charge in [0.15, 0.2) is 5.76 Å². The molecular weight excluding hydrogens is 142 g/mol. The van der Waals surface area contributed by atoms with E-state index < -0.39 is 0 Å². The Balaban J connectivity index is 2.38. The van der Waals surface area contributed by atoms with E-state index in [4.69, 9.17) is 10.3 Å². The molecule has 11 heavy (non-hydrogen) atoms. The first-order valence-electron chi connectivity index (χ1n) is 3.79. The second-order valence-corrected chi connectivity index (χ2v) is 2.66. The molecule has 1 aromatic heterocycles. The molecule has 0 aliphatic carbocycles. The highest BCUT2D eigenvalue weighted by atomic mass is 16.5. The zero-order valence-electron chi connectivity index (χ0n) is 6.26. The first-order chi connectivity index (χ1) is 5.42. The van der Waals surface area contributed by atoms with Crippen LogP contribution in [0.2, 0.25) is 0 Å². The van der Waals surface area contributed by atoms with Crippen molar-refractivity contribution in [2.75, 3.05) is 6.54 Å². The van der Waals surface area contributed by atoms with Crippen molar-refractivity contribution < 1.29 is 4.52 Å². The van der Waals surface area contributed by atoms with Crippen LogP contribution in [0, 0.1) is 0 Å². The van der Waals surface area contributed by atoms with Crippen LogP contribution < -0.4 is 11.1 Å². The summed E-state index contributed by atoms with van der Waals surface area (Å²) >= 11 is 0. The van der Waals surface area contributed by atoms with E-state index in [0.717, 1.165) is 31.0 Å². The van der Waals surface area contributed by atoms with Gasteiger partial charge in [-0.1, -0.05) is 5.16 Å². The molecular formula is C7H11N3O. The van der Waals surface area contributed by atoms with Crippen molar-refractivity contribution in [3.05, 3.63) is 17.0 Å². The van der Waals surface area contributed by atoms with Crippen molar-refractivity contribution in [3.8, 4) is 0 Å². The molecule has 60 valence electrons. The Morgan fingerprint density at radius 1 is 1.64 bits per heavy atom. The smallest absolute Gasteiger partial charge is 0.155 e. The molecule has 0 saturated heterocycles. The second-order valence-electron chi connectivity index (χ2n) is 2.66. The Labute approximate surface area is 64.7 Å². The van der Waals surface area contributed by atoms with Crippen LogP contribution in [0.4, 0.5) is 0 Å². The molecule has 3 N–H and O–H groups in total. The standard InChI is InChI=1S/C7H11N3O/c8-3-7-5-4-9-2-1-6(5)10-11-7/h9H,1-4,8H2. The maximum atomic E-state index is 5.46. The monoisotopic (exact) mass is 153 g/mol. The second kappa shape index (κ2) is 2.64. The fourth-order valence-corrected chi connectivity index (χ4v) is 1.36. The molecule has 0 amide bonds. The number of nitrogens with two attached hydrogens (primary N) is 1. The highest BCUT2D eigenvalue weighted by Gasteiger charge is 2.17. The van der Waals surface area contributed by atoms with Gasteiger partial charge in [-0.15, -0.1) is 0 Å². The van der Waals surface area contributed by atoms with Gasteiger partial charge in [-0.3, -0.25) is 0 Å². The van der Waals surface area contributed by atoms with E-state index in [1.165, 1.54) is 5.56 Å².